The third kappa shape index (κ3) is 8.65. The molecule has 2 saturated carbocycles. The van der Waals surface area contributed by atoms with Crippen LogP contribution in [0, 0.1) is 17.8 Å². The van der Waals surface area contributed by atoms with E-state index < -0.39 is 99.1 Å². The number of ether oxygens (including phenoxy) is 3. The first-order chi connectivity index (χ1) is 28.6. The second-order valence-corrected chi connectivity index (χ2v) is 19.3. The number of halogens is 4. The molecule has 1 aromatic heterocycles. The number of benzene rings is 1. The van der Waals surface area contributed by atoms with Gasteiger partial charge in [0, 0.05) is 23.8 Å². The molecule has 2 aromatic rings. The van der Waals surface area contributed by atoms with Crippen molar-refractivity contribution in [2.75, 3.05) is 27.4 Å². The summed E-state index contributed by atoms with van der Waals surface area (Å²) in [5, 5.41) is 14.3. The minimum atomic E-state index is -5.13. The summed E-state index contributed by atoms with van der Waals surface area (Å²) in [5.74, 6) is -4.37. The van der Waals surface area contributed by atoms with Crippen LogP contribution in [-0.4, -0.2) is 120 Å². The summed E-state index contributed by atoms with van der Waals surface area (Å²) in [6.45, 7) is 3.20. The summed E-state index contributed by atoms with van der Waals surface area (Å²) in [6.07, 6.45) is -4.00. The minimum Gasteiger partial charge on any atom is -0.497 e. The first-order valence-corrected chi connectivity index (χ1v) is 21.8. The van der Waals surface area contributed by atoms with Crippen molar-refractivity contribution in [2.45, 2.75) is 119 Å². The fourth-order valence-corrected chi connectivity index (χ4v) is 10.0. The zero-order chi connectivity index (χ0) is 44.9. The van der Waals surface area contributed by atoms with Crippen molar-refractivity contribution >= 4 is 44.6 Å². The molecule has 6 rings (SSSR count). The van der Waals surface area contributed by atoms with E-state index in [1.54, 1.807) is 43.3 Å². The number of amides is 4. The van der Waals surface area contributed by atoms with E-state index in [1.807, 2.05) is 11.6 Å². The van der Waals surface area contributed by atoms with Crippen LogP contribution < -0.4 is 24.2 Å². The van der Waals surface area contributed by atoms with Crippen molar-refractivity contribution in [2.24, 2.45) is 17.8 Å². The topological polar surface area (TPSA) is 194 Å². The highest BCUT2D eigenvalue weighted by Crippen LogP contribution is 2.48. The molecule has 336 valence electrons. The van der Waals surface area contributed by atoms with E-state index >= 15 is 4.79 Å². The Labute approximate surface area is 351 Å². The van der Waals surface area contributed by atoms with E-state index in [9.17, 15) is 45.5 Å². The van der Waals surface area contributed by atoms with Gasteiger partial charge in [-0.25, -0.2) is 17.6 Å². The van der Waals surface area contributed by atoms with Gasteiger partial charge in [-0.1, -0.05) is 32.4 Å². The highest BCUT2D eigenvalue weighted by Gasteiger charge is 2.64. The first-order valence-electron chi connectivity index (χ1n) is 20.3. The van der Waals surface area contributed by atoms with Crippen LogP contribution in [-0.2, 0) is 24.4 Å². The average molecular weight is 884 g/mol. The number of alkyl halides is 4. The number of hydrogen-bond donors (Lipinski definition) is 3. The number of aromatic nitrogens is 1. The van der Waals surface area contributed by atoms with Gasteiger partial charge in [0.05, 0.1) is 20.8 Å². The van der Waals surface area contributed by atoms with Crippen molar-refractivity contribution in [1.29, 1.82) is 0 Å². The summed E-state index contributed by atoms with van der Waals surface area (Å²) in [7, 11) is -1.65. The van der Waals surface area contributed by atoms with E-state index in [0.717, 1.165) is 4.90 Å². The number of carbonyl (C=O) groups is 4. The number of fused-ring (bicyclic) bond motifs is 3. The SMILES string of the molecule is CC[C@@H]1C[C@@H](C)CC/C=C\[C@@H]2C[C@@]2(C(=O)NS(=O)(=O)C2(CF)CC2)NC(=O)[C@@H]2C[C@@H](Oc3nc(OC)cc4cc(OC)ccc34)CN2C(=O)[C@H]1N(C(=O)O)C(C)(C)C(F)(F)F. The number of nitrogens with zero attached hydrogens (tertiary/aromatic N) is 3. The van der Waals surface area contributed by atoms with Gasteiger partial charge < -0.3 is 29.5 Å². The third-order valence-corrected chi connectivity index (χ3v) is 14.9. The average Bonchev–Trinajstić information content (AvgIpc) is 4.10. The van der Waals surface area contributed by atoms with Gasteiger partial charge in [0.2, 0.25) is 33.6 Å². The Kier molecular flexibility index (Phi) is 12.5. The molecule has 4 amide bonds. The lowest BCUT2D eigenvalue weighted by Crippen LogP contribution is -2.66. The van der Waals surface area contributed by atoms with Crippen LogP contribution in [0.25, 0.3) is 10.8 Å². The monoisotopic (exact) mass is 883 g/mol. The van der Waals surface area contributed by atoms with Gasteiger partial charge in [0.1, 0.15) is 46.4 Å². The Morgan fingerprint density at radius 2 is 1.82 bits per heavy atom. The number of sulfonamides is 1. The van der Waals surface area contributed by atoms with Gasteiger partial charge in [0.15, 0.2) is 0 Å². The molecular weight excluding hydrogens is 831 g/mol. The maximum Gasteiger partial charge on any atom is 0.411 e. The summed E-state index contributed by atoms with van der Waals surface area (Å²) in [4.78, 5) is 62.5. The van der Waals surface area contributed by atoms with E-state index in [4.69, 9.17) is 14.2 Å². The molecule has 0 unspecified atom stereocenters. The Balaban J connectivity index is 1.45. The number of carbonyl (C=O) groups excluding carboxylic acids is 3. The van der Waals surface area contributed by atoms with Crippen LogP contribution in [0.1, 0.15) is 79.1 Å². The van der Waals surface area contributed by atoms with Crippen molar-refractivity contribution in [1.82, 2.24) is 24.8 Å². The summed E-state index contributed by atoms with van der Waals surface area (Å²) in [6, 6.07) is 3.15. The number of hydrogen-bond acceptors (Lipinski definition) is 10. The molecule has 7 atom stereocenters. The van der Waals surface area contributed by atoms with Crippen molar-refractivity contribution < 1.29 is 64.5 Å². The second kappa shape index (κ2) is 16.8. The molecule has 2 aliphatic heterocycles. The number of rotatable bonds is 11. The molecule has 2 aliphatic carbocycles. The zero-order valence-electron chi connectivity index (χ0n) is 34.9. The van der Waals surface area contributed by atoms with E-state index in [2.05, 4.69) is 10.3 Å². The molecule has 3 fully saturated rings. The normalized spacial score (nSPS) is 28.6. The Bertz CT molecular complexity index is 2180. The highest BCUT2D eigenvalue weighted by molar-refractivity contribution is 7.91. The molecule has 3 heterocycles. The van der Waals surface area contributed by atoms with Crippen LogP contribution in [0.2, 0.25) is 0 Å². The molecule has 3 N–H and O–H groups in total. The van der Waals surface area contributed by atoms with Crippen LogP contribution >= 0.6 is 0 Å². The molecule has 0 spiro atoms. The number of nitrogens with one attached hydrogen (secondary N) is 2. The predicted octanol–water partition coefficient (Wildman–Crippen LogP) is 5.52. The molecule has 0 radical (unpaired) electrons. The van der Waals surface area contributed by atoms with Crippen molar-refractivity contribution in [3.63, 3.8) is 0 Å². The molecule has 20 heteroatoms. The third-order valence-electron chi connectivity index (χ3n) is 12.8. The second-order valence-electron chi connectivity index (χ2n) is 17.2. The Hall–Kier alpha value is -4.88. The molecule has 1 aromatic carbocycles. The van der Waals surface area contributed by atoms with Crippen LogP contribution in [0.15, 0.2) is 36.4 Å². The highest BCUT2D eigenvalue weighted by atomic mass is 32.2. The largest absolute Gasteiger partial charge is 0.497 e. The molecule has 1 saturated heterocycles. The lowest BCUT2D eigenvalue weighted by Gasteiger charge is -2.46. The number of carboxylic acid groups (broad SMARTS) is 1. The van der Waals surface area contributed by atoms with Crippen molar-refractivity contribution in [3.05, 3.63) is 36.4 Å². The quantitative estimate of drug-likeness (QED) is 0.190. The molecular formula is C41H53F4N5O10S. The Morgan fingerprint density at radius 3 is 2.41 bits per heavy atom. The molecule has 61 heavy (non-hydrogen) atoms. The van der Waals surface area contributed by atoms with Crippen molar-refractivity contribution in [3.8, 4) is 17.5 Å². The maximum atomic E-state index is 15.2. The van der Waals surface area contributed by atoms with Crippen LogP contribution in [0.5, 0.6) is 17.5 Å². The number of allylic oxidation sites excluding steroid dienone is 1. The minimum absolute atomic E-state index is 0.00305. The van der Waals surface area contributed by atoms with Gasteiger partial charge in [-0.05, 0) is 87.8 Å². The molecule has 15 nitrogen and oxygen atoms in total. The lowest BCUT2D eigenvalue weighted by molar-refractivity contribution is -0.222. The Morgan fingerprint density at radius 1 is 1.11 bits per heavy atom. The van der Waals surface area contributed by atoms with E-state index in [0.29, 0.717) is 43.2 Å². The van der Waals surface area contributed by atoms with Gasteiger partial charge in [-0.15, -0.1) is 0 Å². The van der Waals surface area contributed by atoms with Gasteiger partial charge in [-0.2, -0.15) is 18.2 Å². The van der Waals surface area contributed by atoms with Crippen LogP contribution in [0.3, 0.4) is 0 Å². The smallest absolute Gasteiger partial charge is 0.411 e. The summed E-state index contributed by atoms with van der Waals surface area (Å²) in [5.41, 5.74) is -4.93. The van der Waals surface area contributed by atoms with E-state index in [-0.39, 0.29) is 61.1 Å². The fourth-order valence-electron chi connectivity index (χ4n) is 8.58. The zero-order valence-corrected chi connectivity index (χ0v) is 35.7. The maximum absolute atomic E-state index is 15.2. The summed E-state index contributed by atoms with van der Waals surface area (Å²) >= 11 is 0. The fraction of sp³-hybridized carbons (Fsp3) is 0.634. The standard InChI is InChI=1S/C41H53F4N5O10S/c1-7-24-16-23(2)10-8-9-11-26-20-40(26,36(53)48-61(56,57)39(22-42)14-15-39)47-33(51)30-19-28(60-34-29-13-12-27(58-5)17-25(29)18-31(46-34)59-6)21-49(30)35(52)32(24)50(37(54)55)38(3,4)41(43,44)45/h9,11-13,17-18,23-24,26,28,30,32H,7-8,10,14-16,19-22H2,1-6H3,(H,47,51)(H,48,53)(H,54,55)/b11-9-/t23-,24+,26+,28+,30-,32-,40+/m0/s1. The van der Waals surface area contributed by atoms with Crippen LogP contribution in [0.4, 0.5) is 22.4 Å². The number of pyridine rings is 1. The van der Waals surface area contributed by atoms with Gasteiger partial charge >= 0.3 is 12.3 Å². The number of methoxy groups -OCH3 is 2. The summed E-state index contributed by atoms with van der Waals surface area (Å²) < 4.78 is 102. The van der Waals surface area contributed by atoms with Gasteiger partial charge in [0.25, 0.3) is 5.91 Å². The lowest BCUT2D eigenvalue weighted by atomic mass is 9.82. The van der Waals surface area contributed by atoms with Gasteiger partial charge in [-0.3, -0.25) is 24.0 Å². The molecule has 0 bridgehead atoms. The predicted molar refractivity (Wildman–Crippen MR) is 213 cm³/mol. The van der Waals surface area contributed by atoms with E-state index in [1.165, 1.54) is 14.2 Å². The molecule has 4 aliphatic rings. The first kappa shape index (κ1) is 45.6.